The number of benzene rings is 2. The molecule has 0 fully saturated rings. The SMILES string of the molecule is COc1ccc(-c2cc(C#N)ccc2F)cc1OC. The molecule has 3 nitrogen and oxygen atoms in total. The van der Waals surface area contributed by atoms with Gasteiger partial charge in [0.25, 0.3) is 0 Å². The van der Waals surface area contributed by atoms with Gasteiger partial charge in [0.2, 0.25) is 0 Å². The fourth-order valence-electron chi connectivity index (χ4n) is 1.82. The molecule has 2 aromatic carbocycles. The Morgan fingerprint density at radius 2 is 1.74 bits per heavy atom. The fourth-order valence-corrected chi connectivity index (χ4v) is 1.82. The van der Waals surface area contributed by atoms with Crippen LogP contribution in [0.4, 0.5) is 4.39 Å². The maximum absolute atomic E-state index is 13.8. The van der Waals surface area contributed by atoms with E-state index in [-0.39, 0.29) is 5.82 Å². The van der Waals surface area contributed by atoms with Crippen molar-refractivity contribution in [1.82, 2.24) is 0 Å². The first-order valence-electron chi connectivity index (χ1n) is 5.61. The van der Waals surface area contributed by atoms with Gasteiger partial charge in [0, 0.05) is 5.56 Å². The minimum Gasteiger partial charge on any atom is -0.493 e. The van der Waals surface area contributed by atoms with Gasteiger partial charge in [0.15, 0.2) is 11.5 Å². The van der Waals surface area contributed by atoms with E-state index in [1.807, 2.05) is 6.07 Å². The van der Waals surface area contributed by atoms with E-state index in [1.54, 1.807) is 18.2 Å². The smallest absolute Gasteiger partial charge is 0.161 e. The van der Waals surface area contributed by atoms with Crippen molar-refractivity contribution in [1.29, 1.82) is 5.26 Å². The summed E-state index contributed by atoms with van der Waals surface area (Å²) in [4.78, 5) is 0. The number of hydrogen-bond acceptors (Lipinski definition) is 3. The van der Waals surface area contributed by atoms with Crippen LogP contribution in [0.1, 0.15) is 5.56 Å². The van der Waals surface area contributed by atoms with E-state index in [0.29, 0.717) is 28.2 Å². The van der Waals surface area contributed by atoms with Crippen LogP contribution in [0.2, 0.25) is 0 Å². The van der Waals surface area contributed by atoms with Gasteiger partial charge in [-0.25, -0.2) is 4.39 Å². The molecule has 0 heterocycles. The van der Waals surface area contributed by atoms with E-state index in [0.717, 1.165) is 0 Å². The lowest BCUT2D eigenvalue weighted by Crippen LogP contribution is -1.92. The molecule has 0 N–H and O–H groups in total. The minimum absolute atomic E-state index is 0.361. The lowest BCUT2D eigenvalue weighted by molar-refractivity contribution is 0.355. The number of ether oxygens (including phenoxy) is 2. The predicted molar refractivity (Wildman–Crippen MR) is 69.7 cm³/mol. The van der Waals surface area contributed by atoms with Crippen molar-refractivity contribution in [2.24, 2.45) is 0 Å². The number of methoxy groups -OCH3 is 2. The average Bonchev–Trinajstić information content (AvgIpc) is 2.47. The molecule has 0 radical (unpaired) electrons. The standard InChI is InChI=1S/C15H12FNO2/c1-18-14-6-4-11(8-15(14)19-2)12-7-10(9-17)3-5-13(12)16/h3-8H,1-2H3. The summed E-state index contributed by atoms with van der Waals surface area (Å²) in [5.41, 5.74) is 1.40. The largest absolute Gasteiger partial charge is 0.493 e. The van der Waals surface area contributed by atoms with Crippen molar-refractivity contribution in [2.45, 2.75) is 0 Å². The number of halogens is 1. The molecule has 2 rings (SSSR count). The van der Waals surface area contributed by atoms with E-state index in [9.17, 15) is 4.39 Å². The van der Waals surface area contributed by atoms with Crippen molar-refractivity contribution in [3.63, 3.8) is 0 Å². The molecule has 96 valence electrons. The predicted octanol–water partition coefficient (Wildman–Crippen LogP) is 3.38. The molecule has 0 spiro atoms. The third kappa shape index (κ3) is 2.50. The third-order valence-electron chi connectivity index (χ3n) is 2.79. The fraction of sp³-hybridized carbons (Fsp3) is 0.133. The molecule has 0 aliphatic carbocycles. The summed E-state index contributed by atoms with van der Waals surface area (Å²) in [6, 6.07) is 11.3. The normalized spacial score (nSPS) is 9.79. The van der Waals surface area contributed by atoms with Gasteiger partial charge in [-0.1, -0.05) is 6.07 Å². The maximum atomic E-state index is 13.8. The molecule has 4 heteroatoms. The van der Waals surface area contributed by atoms with Crippen LogP contribution in [0.25, 0.3) is 11.1 Å². The summed E-state index contributed by atoms with van der Waals surface area (Å²) in [7, 11) is 3.05. The molecular formula is C15H12FNO2. The van der Waals surface area contributed by atoms with Crippen LogP contribution in [0.15, 0.2) is 36.4 Å². The first kappa shape index (κ1) is 12.9. The van der Waals surface area contributed by atoms with Crippen molar-refractivity contribution in [2.75, 3.05) is 14.2 Å². The van der Waals surface area contributed by atoms with Gasteiger partial charge in [-0.3, -0.25) is 0 Å². The monoisotopic (exact) mass is 257 g/mol. The molecular weight excluding hydrogens is 245 g/mol. The minimum atomic E-state index is -0.383. The summed E-state index contributed by atoms with van der Waals surface area (Å²) >= 11 is 0. The highest BCUT2D eigenvalue weighted by Crippen LogP contribution is 2.33. The number of nitriles is 1. The number of rotatable bonds is 3. The van der Waals surface area contributed by atoms with E-state index in [1.165, 1.54) is 32.4 Å². The summed E-state index contributed by atoms with van der Waals surface area (Å²) in [5.74, 6) is 0.705. The van der Waals surface area contributed by atoms with E-state index < -0.39 is 0 Å². The molecule has 0 unspecified atom stereocenters. The number of hydrogen-bond donors (Lipinski definition) is 0. The highest BCUT2D eigenvalue weighted by atomic mass is 19.1. The molecule has 0 atom stereocenters. The number of nitrogens with zero attached hydrogens (tertiary/aromatic N) is 1. The highest BCUT2D eigenvalue weighted by molar-refractivity contribution is 5.69. The summed E-state index contributed by atoms with van der Waals surface area (Å²) in [6.45, 7) is 0. The summed E-state index contributed by atoms with van der Waals surface area (Å²) in [6.07, 6.45) is 0. The van der Waals surface area contributed by atoms with Crippen LogP contribution in [0.5, 0.6) is 11.5 Å². The van der Waals surface area contributed by atoms with Gasteiger partial charge in [-0.05, 0) is 35.9 Å². The van der Waals surface area contributed by atoms with Gasteiger partial charge in [0.05, 0.1) is 25.9 Å². The second kappa shape index (κ2) is 5.40. The summed E-state index contributed by atoms with van der Waals surface area (Å²) in [5, 5.41) is 8.87. The van der Waals surface area contributed by atoms with Crippen LogP contribution in [0.3, 0.4) is 0 Å². The molecule has 0 amide bonds. The second-order valence-electron chi connectivity index (χ2n) is 3.88. The van der Waals surface area contributed by atoms with Gasteiger partial charge in [-0.15, -0.1) is 0 Å². The second-order valence-corrected chi connectivity index (χ2v) is 3.88. The van der Waals surface area contributed by atoms with Crippen LogP contribution in [-0.2, 0) is 0 Å². The van der Waals surface area contributed by atoms with Crippen molar-refractivity contribution >= 4 is 0 Å². The van der Waals surface area contributed by atoms with Crippen LogP contribution >= 0.6 is 0 Å². The Bertz CT molecular complexity index is 647. The zero-order chi connectivity index (χ0) is 13.8. The molecule has 2 aromatic rings. The third-order valence-corrected chi connectivity index (χ3v) is 2.79. The Labute approximate surface area is 110 Å². The molecule has 0 aliphatic rings. The molecule has 0 bridgehead atoms. The van der Waals surface area contributed by atoms with Gasteiger partial charge in [0.1, 0.15) is 5.82 Å². The molecule has 0 aromatic heterocycles. The quantitative estimate of drug-likeness (QED) is 0.846. The topological polar surface area (TPSA) is 42.2 Å². The molecule has 0 saturated heterocycles. The molecule has 0 saturated carbocycles. The average molecular weight is 257 g/mol. The Kier molecular flexibility index (Phi) is 3.67. The first-order valence-corrected chi connectivity index (χ1v) is 5.61. The Morgan fingerprint density at radius 3 is 2.37 bits per heavy atom. The van der Waals surface area contributed by atoms with Gasteiger partial charge < -0.3 is 9.47 Å². The lowest BCUT2D eigenvalue weighted by atomic mass is 10.0. The van der Waals surface area contributed by atoms with E-state index in [2.05, 4.69) is 0 Å². The van der Waals surface area contributed by atoms with Gasteiger partial charge in [-0.2, -0.15) is 5.26 Å². The first-order chi connectivity index (χ1) is 9.19. The lowest BCUT2D eigenvalue weighted by Gasteiger charge is -2.10. The van der Waals surface area contributed by atoms with Crippen LogP contribution in [0, 0.1) is 17.1 Å². The molecule has 0 aliphatic heterocycles. The van der Waals surface area contributed by atoms with Crippen LogP contribution in [-0.4, -0.2) is 14.2 Å². The zero-order valence-corrected chi connectivity index (χ0v) is 10.6. The Morgan fingerprint density at radius 1 is 1.00 bits per heavy atom. The van der Waals surface area contributed by atoms with E-state index in [4.69, 9.17) is 14.7 Å². The summed E-state index contributed by atoms with van der Waals surface area (Å²) < 4.78 is 24.1. The highest BCUT2D eigenvalue weighted by Gasteiger charge is 2.10. The van der Waals surface area contributed by atoms with Gasteiger partial charge >= 0.3 is 0 Å². The van der Waals surface area contributed by atoms with Crippen LogP contribution < -0.4 is 9.47 Å². The van der Waals surface area contributed by atoms with E-state index >= 15 is 0 Å². The zero-order valence-electron chi connectivity index (χ0n) is 10.6. The van der Waals surface area contributed by atoms with Crippen molar-refractivity contribution in [3.05, 3.63) is 47.8 Å². The Balaban J connectivity index is 2.56. The van der Waals surface area contributed by atoms with Crippen molar-refractivity contribution in [3.8, 4) is 28.7 Å². The maximum Gasteiger partial charge on any atom is 0.161 e. The Hall–Kier alpha value is -2.54. The van der Waals surface area contributed by atoms with Crippen molar-refractivity contribution < 1.29 is 13.9 Å². The molecule has 19 heavy (non-hydrogen) atoms.